The van der Waals surface area contributed by atoms with Crippen molar-refractivity contribution in [1.29, 1.82) is 0 Å². The summed E-state index contributed by atoms with van der Waals surface area (Å²) in [5, 5.41) is 6.08. The summed E-state index contributed by atoms with van der Waals surface area (Å²) in [4.78, 5) is 10.8. The highest BCUT2D eigenvalue weighted by Gasteiger charge is 2.21. The van der Waals surface area contributed by atoms with Gasteiger partial charge in [0.25, 0.3) is 0 Å². The zero-order valence-electron chi connectivity index (χ0n) is 32.5. The Morgan fingerprint density at radius 3 is 1.62 bits per heavy atom. The smallest absolute Gasteiger partial charge is 0.160 e. The minimum absolute atomic E-state index is 0.718. The van der Waals surface area contributed by atoms with Crippen molar-refractivity contribution in [2.24, 2.45) is 0 Å². The van der Waals surface area contributed by atoms with Crippen LogP contribution >= 0.6 is 11.3 Å². The van der Waals surface area contributed by atoms with E-state index >= 15 is 0 Å². The maximum Gasteiger partial charge on any atom is 0.160 e. The lowest BCUT2D eigenvalue weighted by atomic mass is 9.94. The predicted molar refractivity (Wildman–Crippen MR) is 254 cm³/mol. The lowest BCUT2D eigenvalue weighted by Crippen LogP contribution is -1.95. The molecule has 0 amide bonds. The molecule has 0 bridgehead atoms. The molecule has 0 atom stereocenters. The third kappa shape index (κ3) is 5.72. The van der Waals surface area contributed by atoms with E-state index in [2.05, 4.69) is 211 Å². The second-order valence-corrected chi connectivity index (χ2v) is 16.4. The van der Waals surface area contributed by atoms with Crippen molar-refractivity contribution in [3.63, 3.8) is 0 Å². The predicted octanol–water partition coefficient (Wildman–Crippen LogP) is 15.4. The third-order valence-electron chi connectivity index (χ3n) is 11.8. The van der Waals surface area contributed by atoms with E-state index in [-0.39, 0.29) is 0 Å². The van der Waals surface area contributed by atoms with Gasteiger partial charge in [-0.25, -0.2) is 9.97 Å². The molecule has 0 aliphatic carbocycles. The van der Waals surface area contributed by atoms with E-state index in [0.29, 0.717) is 0 Å². The molecule has 0 aliphatic heterocycles. The Labute approximate surface area is 351 Å². The molecule has 280 valence electrons. The second-order valence-electron chi connectivity index (χ2n) is 15.4. The van der Waals surface area contributed by atoms with Crippen LogP contribution in [0.4, 0.5) is 0 Å². The average Bonchev–Trinajstić information content (AvgIpc) is 3.88. The van der Waals surface area contributed by atoms with Gasteiger partial charge in [0.2, 0.25) is 0 Å². The van der Waals surface area contributed by atoms with Gasteiger partial charge in [-0.3, -0.25) is 0 Å². The number of nitrogens with zero attached hydrogens (tertiary/aromatic N) is 3. The first-order valence-electron chi connectivity index (χ1n) is 20.3. The van der Waals surface area contributed by atoms with Crippen LogP contribution in [0.5, 0.6) is 0 Å². The van der Waals surface area contributed by atoms with Crippen molar-refractivity contribution in [3.05, 3.63) is 212 Å². The molecule has 9 aromatic carbocycles. The normalized spacial score (nSPS) is 11.7. The number of thiophene rings is 1. The number of para-hydroxylation sites is 2. The van der Waals surface area contributed by atoms with E-state index < -0.39 is 0 Å². The van der Waals surface area contributed by atoms with Crippen LogP contribution in [0.15, 0.2) is 212 Å². The second kappa shape index (κ2) is 14.0. The van der Waals surface area contributed by atoms with Gasteiger partial charge in [-0.05, 0) is 98.8 Å². The molecule has 0 radical (unpaired) electrons. The molecule has 0 N–H and O–H groups in total. The number of aromatic nitrogens is 3. The van der Waals surface area contributed by atoms with Gasteiger partial charge in [0.15, 0.2) is 5.82 Å². The van der Waals surface area contributed by atoms with Gasteiger partial charge in [-0.1, -0.05) is 158 Å². The number of hydrogen-bond acceptors (Lipinski definition) is 3. The monoisotopic (exact) mass is 781 g/mol. The van der Waals surface area contributed by atoms with E-state index in [1.807, 2.05) is 6.07 Å². The summed E-state index contributed by atoms with van der Waals surface area (Å²) in [6, 6.07) is 76.2. The zero-order valence-corrected chi connectivity index (χ0v) is 33.3. The van der Waals surface area contributed by atoms with Crippen molar-refractivity contribution < 1.29 is 0 Å². The number of hydrogen-bond donors (Lipinski definition) is 0. The summed E-state index contributed by atoms with van der Waals surface area (Å²) in [6.07, 6.45) is 0. The molecule has 12 rings (SSSR count). The number of rotatable bonds is 6. The van der Waals surface area contributed by atoms with Crippen LogP contribution in [0.3, 0.4) is 0 Å². The molecule has 0 aliphatic rings. The fourth-order valence-corrected chi connectivity index (χ4v) is 10.1. The summed E-state index contributed by atoms with van der Waals surface area (Å²) in [7, 11) is 0. The highest BCUT2D eigenvalue weighted by atomic mass is 32.1. The quantitative estimate of drug-likeness (QED) is 0.168. The van der Waals surface area contributed by atoms with Crippen molar-refractivity contribution >= 4 is 64.2 Å². The number of fused-ring (bicyclic) bond motifs is 7. The summed E-state index contributed by atoms with van der Waals surface area (Å²) in [6.45, 7) is 0. The summed E-state index contributed by atoms with van der Waals surface area (Å²) >= 11 is 1.78. The third-order valence-corrected chi connectivity index (χ3v) is 12.9. The molecule has 0 unspecified atom stereocenters. The van der Waals surface area contributed by atoms with Gasteiger partial charge in [0.1, 0.15) is 0 Å². The Hall–Kier alpha value is -7.66. The Balaban J connectivity index is 1.05. The van der Waals surface area contributed by atoms with Crippen LogP contribution in [0.1, 0.15) is 0 Å². The molecule has 0 spiro atoms. The fraction of sp³-hybridized carbons (Fsp3) is 0. The molecule has 60 heavy (non-hydrogen) atoms. The maximum absolute atomic E-state index is 5.42. The average molecular weight is 782 g/mol. The van der Waals surface area contributed by atoms with Crippen molar-refractivity contribution in [2.75, 3.05) is 0 Å². The summed E-state index contributed by atoms with van der Waals surface area (Å²) in [5.74, 6) is 0.718. The van der Waals surface area contributed by atoms with Crippen LogP contribution < -0.4 is 0 Å². The molecule has 3 heterocycles. The molecular weight excluding hydrogens is 747 g/mol. The van der Waals surface area contributed by atoms with Gasteiger partial charge in [-0.15, -0.1) is 11.3 Å². The summed E-state index contributed by atoms with van der Waals surface area (Å²) in [5.41, 5.74) is 14.5. The van der Waals surface area contributed by atoms with E-state index in [4.69, 9.17) is 9.97 Å². The van der Waals surface area contributed by atoms with Crippen LogP contribution in [0, 0.1) is 0 Å². The minimum atomic E-state index is 0.718. The largest absolute Gasteiger partial charge is 0.309 e. The van der Waals surface area contributed by atoms with Crippen LogP contribution in [0.25, 0.3) is 115 Å². The van der Waals surface area contributed by atoms with Crippen LogP contribution in [0.2, 0.25) is 0 Å². The Morgan fingerprint density at radius 2 is 0.950 bits per heavy atom. The van der Waals surface area contributed by atoms with Crippen molar-refractivity contribution in [3.8, 4) is 61.7 Å². The standard InChI is InChI=1S/C56H35N3S/c1-4-15-36(16-5-1)42-32-43(37-17-6-2-7-18-37)34-44(33-42)53-55-54(58-56(57-53)38-19-8-3-9-20-38)52-46(23-14-26-51(52)60-55)41-28-27-40-35-45(30-29-39(40)31-41)59-49-24-12-10-21-47(49)48-22-11-13-25-50(48)59/h1-35H. The molecular formula is C56H35N3S. The lowest BCUT2D eigenvalue weighted by molar-refractivity contribution is 1.19. The SMILES string of the molecule is c1ccc(-c2cc(-c3ccccc3)cc(-c3nc(-c4ccccc4)nc4c3sc3cccc(-c5ccc6cc(-n7c8ccccc8c8ccccc87)ccc6c5)c34)c2)cc1. The molecule has 0 saturated heterocycles. The first-order chi connectivity index (χ1) is 29.7. The maximum atomic E-state index is 5.42. The van der Waals surface area contributed by atoms with E-state index in [9.17, 15) is 0 Å². The molecule has 3 nitrogen and oxygen atoms in total. The molecule has 3 aromatic heterocycles. The van der Waals surface area contributed by atoms with Gasteiger partial charge in [0.05, 0.1) is 26.9 Å². The van der Waals surface area contributed by atoms with E-state index in [1.165, 1.54) is 54.0 Å². The lowest BCUT2D eigenvalue weighted by Gasteiger charge is -2.13. The zero-order chi connectivity index (χ0) is 39.6. The minimum Gasteiger partial charge on any atom is -0.309 e. The number of benzene rings is 9. The fourth-order valence-electron chi connectivity index (χ4n) is 8.94. The van der Waals surface area contributed by atoms with Gasteiger partial charge in [0, 0.05) is 37.7 Å². The molecule has 4 heteroatoms. The van der Waals surface area contributed by atoms with Gasteiger partial charge in [-0.2, -0.15) is 0 Å². The topological polar surface area (TPSA) is 30.7 Å². The first-order valence-corrected chi connectivity index (χ1v) is 21.1. The Bertz CT molecular complexity index is 3480. The van der Waals surface area contributed by atoms with E-state index in [1.54, 1.807) is 11.3 Å². The van der Waals surface area contributed by atoms with Crippen molar-refractivity contribution in [1.82, 2.24) is 14.5 Å². The van der Waals surface area contributed by atoms with Crippen molar-refractivity contribution in [2.45, 2.75) is 0 Å². The molecule has 12 aromatic rings. The van der Waals surface area contributed by atoms with Gasteiger partial charge < -0.3 is 4.57 Å². The highest BCUT2D eigenvalue weighted by Crippen LogP contribution is 2.45. The highest BCUT2D eigenvalue weighted by molar-refractivity contribution is 7.26. The molecule has 0 fully saturated rings. The Kier molecular flexibility index (Phi) is 8.03. The van der Waals surface area contributed by atoms with Gasteiger partial charge >= 0.3 is 0 Å². The first kappa shape index (κ1) is 34.4. The Morgan fingerprint density at radius 1 is 0.383 bits per heavy atom. The van der Waals surface area contributed by atoms with Crippen LogP contribution in [-0.4, -0.2) is 14.5 Å². The van der Waals surface area contributed by atoms with E-state index in [0.717, 1.165) is 60.6 Å². The summed E-state index contributed by atoms with van der Waals surface area (Å²) < 4.78 is 4.65. The molecule has 0 saturated carbocycles. The van der Waals surface area contributed by atoms with Crippen LogP contribution in [-0.2, 0) is 0 Å².